The molecule has 1 rings (SSSR count). The minimum absolute atomic E-state index is 0.0571. The average molecular weight is 214 g/mol. The lowest BCUT2D eigenvalue weighted by Gasteiger charge is -2.18. The Hall–Kier alpha value is -1.53. The lowest BCUT2D eigenvalue weighted by Crippen LogP contribution is -2.42. The quantitative estimate of drug-likeness (QED) is 0.648. The predicted octanol–water partition coefficient (Wildman–Crippen LogP) is -0.135. The summed E-state index contributed by atoms with van der Waals surface area (Å²) in [6, 6.07) is 2.79. The Labute approximate surface area is 85.4 Å². The van der Waals surface area contributed by atoms with E-state index in [9.17, 15) is 14.3 Å². The van der Waals surface area contributed by atoms with Crippen molar-refractivity contribution in [2.24, 2.45) is 5.73 Å². The Kier molecular flexibility index (Phi) is 3.70. The standard InChI is InChI=1S/C9H11FN2O3/c10-6(7(11)9(14)15)8(13)5-3-1-2-4-12-5/h1-4,6-8,13H,11H2,(H,14,15)/t6?,7-,8-/m1/s1. The maximum atomic E-state index is 13.3. The van der Waals surface area contributed by atoms with Crippen LogP contribution in [0.1, 0.15) is 11.8 Å². The molecule has 6 heteroatoms. The van der Waals surface area contributed by atoms with Crippen LogP contribution in [0.2, 0.25) is 0 Å². The molecule has 0 fully saturated rings. The fraction of sp³-hybridized carbons (Fsp3) is 0.333. The molecular formula is C9H11FN2O3. The van der Waals surface area contributed by atoms with Crippen LogP contribution in [0.3, 0.4) is 0 Å². The van der Waals surface area contributed by atoms with Crippen molar-refractivity contribution in [3.8, 4) is 0 Å². The molecule has 0 spiro atoms. The Morgan fingerprint density at radius 3 is 2.67 bits per heavy atom. The number of alkyl halides is 1. The van der Waals surface area contributed by atoms with Crippen LogP contribution in [-0.4, -0.2) is 33.4 Å². The van der Waals surface area contributed by atoms with Gasteiger partial charge in [0, 0.05) is 6.20 Å². The fourth-order valence-corrected chi connectivity index (χ4v) is 1.05. The molecule has 0 saturated heterocycles. The van der Waals surface area contributed by atoms with Crippen molar-refractivity contribution in [3.05, 3.63) is 30.1 Å². The second-order valence-corrected chi connectivity index (χ2v) is 3.01. The highest BCUT2D eigenvalue weighted by Gasteiger charge is 2.32. The normalized spacial score (nSPS) is 16.7. The van der Waals surface area contributed by atoms with Crippen molar-refractivity contribution in [1.82, 2.24) is 4.98 Å². The van der Waals surface area contributed by atoms with Gasteiger partial charge < -0.3 is 15.9 Å². The summed E-state index contributed by atoms with van der Waals surface area (Å²) < 4.78 is 13.3. The van der Waals surface area contributed by atoms with E-state index in [1.54, 1.807) is 12.1 Å². The zero-order valence-corrected chi connectivity index (χ0v) is 7.75. The van der Waals surface area contributed by atoms with Gasteiger partial charge in [-0.1, -0.05) is 6.07 Å². The second kappa shape index (κ2) is 4.81. The van der Waals surface area contributed by atoms with Crippen molar-refractivity contribution in [2.45, 2.75) is 18.3 Å². The first-order valence-electron chi connectivity index (χ1n) is 4.25. The van der Waals surface area contributed by atoms with Crippen molar-refractivity contribution in [3.63, 3.8) is 0 Å². The number of nitrogens with zero attached hydrogens (tertiary/aromatic N) is 1. The van der Waals surface area contributed by atoms with E-state index in [1.807, 2.05) is 0 Å². The molecule has 1 unspecified atom stereocenters. The highest BCUT2D eigenvalue weighted by atomic mass is 19.1. The van der Waals surface area contributed by atoms with Gasteiger partial charge in [0.15, 0.2) is 6.17 Å². The number of aliphatic hydroxyl groups excluding tert-OH is 1. The first-order chi connectivity index (χ1) is 7.04. The topological polar surface area (TPSA) is 96.4 Å². The molecule has 0 aliphatic carbocycles. The highest BCUT2D eigenvalue weighted by molar-refractivity contribution is 5.74. The number of nitrogens with two attached hydrogens (primary N) is 1. The molecule has 3 atom stereocenters. The number of halogens is 1. The van der Waals surface area contributed by atoms with Gasteiger partial charge >= 0.3 is 5.97 Å². The Bertz CT molecular complexity index is 333. The predicted molar refractivity (Wildman–Crippen MR) is 49.7 cm³/mol. The number of aliphatic hydroxyl groups is 1. The van der Waals surface area contributed by atoms with Crippen LogP contribution in [0.5, 0.6) is 0 Å². The number of carbonyl (C=O) groups is 1. The summed E-state index contributed by atoms with van der Waals surface area (Å²) in [4.78, 5) is 14.1. The number of carboxylic acid groups (broad SMARTS) is 1. The molecule has 0 bridgehead atoms. The monoisotopic (exact) mass is 214 g/mol. The maximum absolute atomic E-state index is 13.3. The van der Waals surface area contributed by atoms with E-state index in [1.165, 1.54) is 12.3 Å². The van der Waals surface area contributed by atoms with Gasteiger partial charge in [-0.15, -0.1) is 0 Å². The highest BCUT2D eigenvalue weighted by Crippen LogP contribution is 2.18. The minimum Gasteiger partial charge on any atom is -0.480 e. The Balaban J connectivity index is 2.77. The average Bonchev–Trinajstić information content (AvgIpc) is 2.27. The second-order valence-electron chi connectivity index (χ2n) is 3.01. The van der Waals surface area contributed by atoms with Gasteiger partial charge in [0.25, 0.3) is 0 Å². The third kappa shape index (κ3) is 2.71. The zero-order chi connectivity index (χ0) is 11.4. The molecule has 0 amide bonds. The molecule has 1 aromatic heterocycles. The molecule has 0 aromatic carbocycles. The van der Waals surface area contributed by atoms with Crippen LogP contribution in [0.15, 0.2) is 24.4 Å². The van der Waals surface area contributed by atoms with Crippen LogP contribution in [0, 0.1) is 0 Å². The molecule has 1 aromatic rings. The third-order valence-electron chi connectivity index (χ3n) is 1.92. The molecule has 5 nitrogen and oxygen atoms in total. The van der Waals surface area contributed by atoms with E-state index in [4.69, 9.17) is 10.8 Å². The smallest absolute Gasteiger partial charge is 0.323 e. The minimum atomic E-state index is -2.09. The number of carboxylic acids is 1. The first-order valence-corrected chi connectivity index (χ1v) is 4.25. The SMILES string of the molecule is N[C@@H](C(=O)O)C(F)[C@H](O)c1ccccn1. The van der Waals surface area contributed by atoms with Crippen molar-refractivity contribution < 1.29 is 19.4 Å². The Morgan fingerprint density at radius 1 is 1.53 bits per heavy atom. The first kappa shape index (κ1) is 11.5. The molecule has 0 saturated carbocycles. The summed E-state index contributed by atoms with van der Waals surface area (Å²) >= 11 is 0. The van der Waals surface area contributed by atoms with Gasteiger partial charge in [0.1, 0.15) is 12.1 Å². The van der Waals surface area contributed by atoms with Gasteiger partial charge in [0.2, 0.25) is 0 Å². The summed E-state index contributed by atoms with van der Waals surface area (Å²) in [6.45, 7) is 0. The number of aliphatic carboxylic acids is 1. The van der Waals surface area contributed by atoms with Gasteiger partial charge in [-0.2, -0.15) is 0 Å². The number of hydrogen-bond donors (Lipinski definition) is 3. The van der Waals surface area contributed by atoms with Gasteiger partial charge in [0.05, 0.1) is 5.69 Å². The number of rotatable bonds is 4. The molecular weight excluding hydrogens is 203 g/mol. The van der Waals surface area contributed by atoms with E-state index in [-0.39, 0.29) is 5.69 Å². The zero-order valence-electron chi connectivity index (χ0n) is 7.75. The van der Waals surface area contributed by atoms with Gasteiger partial charge in [-0.3, -0.25) is 9.78 Å². The largest absolute Gasteiger partial charge is 0.480 e. The maximum Gasteiger partial charge on any atom is 0.323 e. The van der Waals surface area contributed by atoms with Crippen LogP contribution < -0.4 is 5.73 Å². The van der Waals surface area contributed by atoms with E-state index >= 15 is 0 Å². The summed E-state index contributed by atoms with van der Waals surface area (Å²) in [5, 5.41) is 17.9. The molecule has 0 radical (unpaired) electrons. The molecule has 0 aliphatic heterocycles. The number of pyridine rings is 1. The molecule has 1 heterocycles. The van der Waals surface area contributed by atoms with E-state index in [0.29, 0.717) is 0 Å². The molecule has 4 N–H and O–H groups in total. The summed E-state index contributed by atoms with van der Waals surface area (Å²) in [5.74, 6) is -1.50. The van der Waals surface area contributed by atoms with Crippen LogP contribution in [0.25, 0.3) is 0 Å². The lowest BCUT2D eigenvalue weighted by molar-refractivity contribution is -0.141. The van der Waals surface area contributed by atoms with Crippen LogP contribution in [0.4, 0.5) is 4.39 Å². The van der Waals surface area contributed by atoms with Gasteiger partial charge in [-0.05, 0) is 12.1 Å². The lowest BCUT2D eigenvalue weighted by atomic mass is 10.0. The number of hydrogen-bond acceptors (Lipinski definition) is 4. The summed E-state index contributed by atoms with van der Waals surface area (Å²) in [5.41, 5.74) is 5.09. The van der Waals surface area contributed by atoms with Crippen LogP contribution in [-0.2, 0) is 4.79 Å². The van der Waals surface area contributed by atoms with Gasteiger partial charge in [-0.25, -0.2) is 4.39 Å². The summed E-state index contributed by atoms with van der Waals surface area (Å²) in [7, 11) is 0. The third-order valence-corrected chi connectivity index (χ3v) is 1.92. The van der Waals surface area contributed by atoms with E-state index in [2.05, 4.69) is 4.98 Å². The molecule has 0 aliphatic rings. The van der Waals surface area contributed by atoms with E-state index in [0.717, 1.165) is 0 Å². The van der Waals surface area contributed by atoms with Crippen molar-refractivity contribution >= 4 is 5.97 Å². The summed E-state index contributed by atoms with van der Waals surface area (Å²) in [6.07, 6.45) is -2.34. The Morgan fingerprint density at radius 2 is 2.20 bits per heavy atom. The van der Waals surface area contributed by atoms with Crippen LogP contribution >= 0.6 is 0 Å². The van der Waals surface area contributed by atoms with Crippen molar-refractivity contribution in [1.29, 1.82) is 0 Å². The molecule has 15 heavy (non-hydrogen) atoms. The van der Waals surface area contributed by atoms with E-state index < -0.39 is 24.3 Å². The number of aromatic nitrogens is 1. The molecule has 82 valence electrons. The van der Waals surface area contributed by atoms with Crippen molar-refractivity contribution in [2.75, 3.05) is 0 Å². The fourth-order valence-electron chi connectivity index (χ4n) is 1.05.